The molecule has 1 rings (SSSR count). The number of nitrogens with zero attached hydrogens (tertiary/aromatic N) is 2. The minimum Gasteiger partial charge on any atom is -0.353 e. The molecule has 1 aromatic rings. The molecule has 1 atom stereocenters. The highest BCUT2D eigenvalue weighted by Crippen LogP contribution is 2.10. The van der Waals surface area contributed by atoms with Crippen LogP contribution in [0.3, 0.4) is 0 Å². The van der Waals surface area contributed by atoms with E-state index in [4.69, 9.17) is 11.6 Å². The highest BCUT2D eigenvalue weighted by atomic mass is 35.5. The van der Waals surface area contributed by atoms with Crippen molar-refractivity contribution in [1.82, 2.24) is 9.97 Å². The van der Waals surface area contributed by atoms with Crippen LogP contribution in [0.25, 0.3) is 0 Å². The van der Waals surface area contributed by atoms with Crippen LogP contribution >= 0.6 is 11.6 Å². The molecular weight excluding hydrogens is 198 g/mol. The van der Waals surface area contributed by atoms with Crippen molar-refractivity contribution in [2.45, 2.75) is 25.6 Å². The third kappa shape index (κ3) is 4.42. The van der Waals surface area contributed by atoms with Crippen LogP contribution in [0.2, 0.25) is 0 Å². The molecule has 78 valence electrons. The largest absolute Gasteiger partial charge is 0.353 e. The molecule has 1 N–H and O–H groups in total. The van der Waals surface area contributed by atoms with Gasteiger partial charge in [-0.05, 0) is 18.4 Å². The van der Waals surface area contributed by atoms with Crippen molar-refractivity contribution in [1.29, 1.82) is 0 Å². The van der Waals surface area contributed by atoms with Crippen molar-refractivity contribution >= 4 is 17.5 Å². The first-order valence-corrected chi connectivity index (χ1v) is 5.27. The molecule has 0 aliphatic heterocycles. The molecule has 0 saturated carbocycles. The summed E-state index contributed by atoms with van der Waals surface area (Å²) in [5.41, 5.74) is 0. The summed E-state index contributed by atoms with van der Waals surface area (Å²) in [7, 11) is 0. The molecule has 0 spiro atoms. The fraction of sp³-hybridized carbons (Fsp3) is 0.600. The maximum atomic E-state index is 6.11. The quantitative estimate of drug-likeness (QED) is 0.764. The van der Waals surface area contributed by atoms with E-state index in [0.29, 0.717) is 18.4 Å². The number of rotatable bonds is 5. The molecule has 0 amide bonds. The van der Waals surface area contributed by atoms with Crippen LogP contribution in [0.1, 0.15) is 20.3 Å². The summed E-state index contributed by atoms with van der Waals surface area (Å²) >= 11 is 6.11. The Kier molecular flexibility index (Phi) is 4.66. The van der Waals surface area contributed by atoms with Crippen molar-refractivity contribution in [3.8, 4) is 0 Å². The summed E-state index contributed by atoms with van der Waals surface area (Å²) in [6.07, 6.45) is 4.42. The Bertz CT molecular complexity index is 251. The third-order valence-corrected chi connectivity index (χ3v) is 2.11. The molecule has 1 unspecified atom stereocenters. The van der Waals surface area contributed by atoms with Gasteiger partial charge in [0.25, 0.3) is 0 Å². The summed E-state index contributed by atoms with van der Waals surface area (Å²) in [5.74, 6) is 1.26. The lowest BCUT2D eigenvalue weighted by molar-refractivity contribution is 0.571. The van der Waals surface area contributed by atoms with Gasteiger partial charge in [0.15, 0.2) is 0 Å². The second kappa shape index (κ2) is 5.81. The summed E-state index contributed by atoms with van der Waals surface area (Å²) in [4.78, 5) is 8.10. The second-order valence-electron chi connectivity index (χ2n) is 3.68. The lowest BCUT2D eigenvalue weighted by atomic mass is 10.1. The molecular formula is C10H16ClN3. The first-order chi connectivity index (χ1) is 6.68. The second-order valence-corrected chi connectivity index (χ2v) is 4.30. The van der Waals surface area contributed by atoms with Crippen LogP contribution in [-0.2, 0) is 0 Å². The van der Waals surface area contributed by atoms with E-state index in [-0.39, 0.29) is 5.38 Å². The molecule has 1 heterocycles. The Hall–Kier alpha value is -0.830. The van der Waals surface area contributed by atoms with E-state index < -0.39 is 0 Å². The lowest BCUT2D eigenvalue weighted by Gasteiger charge is -2.12. The number of halogens is 1. The van der Waals surface area contributed by atoms with Crippen LogP contribution in [0.5, 0.6) is 0 Å². The van der Waals surface area contributed by atoms with Gasteiger partial charge in [0.2, 0.25) is 5.95 Å². The van der Waals surface area contributed by atoms with Gasteiger partial charge in [-0.15, -0.1) is 11.6 Å². The molecule has 0 aliphatic rings. The molecule has 14 heavy (non-hydrogen) atoms. The molecule has 0 aromatic carbocycles. The van der Waals surface area contributed by atoms with Crippen molar-refractivity contribution in [2.75, 3.05) is 11.9 Å². The standard InChI is InChI=1S/C10H16ClN3/c1-8(2)6-9(11)7-14-10-12-4-3-5-13-10/h3-5,8-9H,6-7H2,1-2H3,(H,12,13,14). The van der Waals surface area contributed by atoms with Gasteiger partial charge in [0.05, 0.1) is 5.38 Å². The zero-order valence-corrected chi connectivity index (χ0v) is 9.33. The number of hydrogen-bond donors (Lipinski definition) is 1. The Morgan fingerprint density at radius 2 is 2.00 bits per heavy atom. The minimum absolute atomic E-state index is 0.138. The summed E-state index contributed by atoms with van der Waals surface area (Å²) in [6.45, 7) is 5.03. The zero-order valence-electron chi connectivity index (χ0n) is 8.57. The highest BCUT2D eigenvalue weighted by Gasteiger charge is 2.07. The number of hydrogen-bond acceptors (Lipinski definition) is 3. The minimum atomic E-state index is 0.138. The topological polar surface area (TPSA) is 37.8 Å². The van der Waals surface area contributed by atoms with Crippen molar-refractivity contribution in [2.24, 2.45) is 5.92 Å². The van der Waals surface area contributed by atoms with Crippen LogP contribution in [0.4, 0.5) is 5.95 Å². The van der Waals surface area contributed by atoms with Gasteiger partial charge in [-0.2, -0.15) is 0 Å². The van der Waals surface area contributed by atoms with E-state index in [1.807, 2.05) is 0 Å². The van der Waals surface area contributed by atoms with Crippen molar-refractivity contribution in [3.05, 3.63) is 18.5 Å². The van der Waals surface area contributed by atoms with Crippen molar-refractivity contribution in [3.63, 3.8) is 0 Å². The maximum Gasteiger partial charge on any atom is 0.222 e. The molecule has 4 heteroatoms. The molecule has 0 fully saturated rings. The highest BCUT2D eigenvalue weighted by molar-refractivity contribution is 6.20. The van der Waals surface area contributed by atoms with Gasteiger partial charge in [0, 0.05) is 18.9 Å². The van der Waals surface area contributed by atoms with Gasteiger partial charge in [-0.3, -0.25) is 0 Å². The SMILES string of the molecule is CC(C)CC(Cl)CNc1ncccn1. The lowest BCUT2D eigenvalue weighted by Crippen LogP contribution is -2.17. The van der Waals surface area contributed by atoms with Gasteiger partial charge in [-0.25, -0.2) is 9.97 Å². The van der Waals surface area contributed by atoms with E-state index in [9.17, 15) is 0 Å². The molecule has 0 bridgehead atoms. The van der Waals surface area contributed by atoms with E-state index in [1.54, 1.807) is 18.5 Å². The third-order valence-electron chi connectivity index (χ3n) is 1.77. The van der Waals surface area contributed by atoms with E-state index in [2.05, 4.69) is 29.1 Å². The zero-order chi connectivity index (χ0) is 10.4. The maximum absolute atomic E-state index is 6.11. The Morgan fingerprint density at radius 3 is 2.57 bits per heavy atom. The molecule has 1 aromatic heterocycles. The number of anilines is 1. The molecule has 0 saturated heterocycles. The van der Waals surface area contributed by atoms with Gasteiger partial charge in [-0.1, -0.05) is 13.8 Å². The van der Waals surface area contributed by atoms with Gasteiger partial charge >= 0.3 is 0 Å². The average molecular weight is 214 g/mol. The van der Waals surface area contributed by atoms with E-state index in [1.165, 1.54) is 0 Å². The number of alkyl halides is 1. The fourth-order valence-corrected chi connectivity index (χ4v) is 1.62. The summed E-state index contributed by atoms with van der Waals surface area (Å²) in [5, 5.41) is 3.23. The smallest absolute Gasteiger partial charge is 0.222 e. The first kappa shape index (κ1) is 11.2. The van der Waals surface area contributed by atoms with Gasteiger partial charge < -0.3 is 5.32 Å². The fourth-order valence-electron chi connectivity index (χ4n) is 1.19. The summed E-state index contributed by atoms with van der Waals surface area (Å²) in [6, 6.07) is 1.79. The number of aromatic nitrogens is 2. The average Bonchev–Trinajstić information content (AvgIpc) is 2.15. The van der Waals surface area contributed by atoms with Crippen LogP contribution in [-0.4, -0.2) is 21.9 Å². The Labute approximate surface area is 89.9 Å². The predicted octanol–water partition coefficient (Wildman–Crippen LogP) is 2.54. The van der Waals surface area contributed by atoms with Crippen LogP contribution in [0, 0.1) is 5.92 Å². The Morgan fingerprint density at radius 1 is 1.36 bits per heavy atom. The predicted molar refractivity (Wildman–Crippen MR) is 59.6 cm³/mol. The van der Waals surface area contributed by atoms with Crippen molar-refractivity contribution < 1.29 is 0 Å². The van der Waals surface area contributed by atoms with Crippen LogP contribution in [0.15, 0.2) is 18.5 Å². The molecule has 0 radical (unpaired) electrons. The van der Waals surface area contributed by atoms with E-state index >= 15 is 0 Å². The number of nitrogens with one attached hydrogen (secondary N) is 1. The van der Waals surface area contributed by atoms with Crippen LogP contribution < -0.4 is 5.32 Å². The molecule has 3 nitrogen and oxygen atoms in total. The van der Waals surface area contributed by atoms with Gasteiger partial charge in [0.1, 0.15) is 0 Å². The normalized spacial score (nSPS) is 12.9. The summed E-state index contributed by atoms with van der Waals surface area (Å²) < 4.78 is 0. The monoisotopic (exact) mass is 213 g/mol. The van der Waals surface area contributed by atoms with E-state index in [0.717, 1.165) is 6.42 Å². The Balaban J connectivity index is 2.27. The molecule has 0 aliphatic carbocycles. The first-order valence-electron chi connectivity index (χ1n) is 4.83.